The molecule has 1 heterocycles. The van der Waals surface area contributed by atoms with Gasteiger partial charge in [0, 0.05) is 33.4 Å². The van der Waals surface area contributed by atoms with Crippen molar-refractivity contribution in [2.24, 2.45) is 11.8 Å². The highest BCUT2D eigenvalue weighted by molar-refractivity contribution is 5.93. The summed E-state index contributed by atoms with van der Waals surface area (Å²) < 4.78 is 0. The van der Waals surface area contributed by atoms with Crippen LogP contribution < -0.4 is 5.32 Å². The minimum Gasteiger partial charge on any atom is -0.396 e. The fraction of sp³-hybridized carbons (Fsp3) is 0.600. The van der Waals surface area contributed by atoms with E-state index in [0.717, 1.165) is 25.2 Å². The van der Waals surface area contributed by atoms with E-state index in [1.54, 1.807) is 26.4 Å². The monoisotopic (exact) mass is 277 g/mol. The Morgan fingerprint density at radius 1 is 1.40 bits per heavy atom. The number of hydrogen-bond donors (Lipinski definition) is 2. The maximum Gasteiger partial charge on any atom is 0.254 e. The van der Waals surface area contributed by atoms with Crippen molar-refractivity contribution in [3.8, 4) is 0 Å². The van der Waals surface area contributed by atoms with Crippen molar-refractivity contribution >= 4 is 11.7 Å². The summed E-state index contributed by atoms with van der Waals surface area (Å²) in [7, 11) is 3.45. The highest BCUT2D eigenvalue weighted by atomic mass is 16.3. The van der Waals surface area contributed by atoms with Crippen molar-refractivity contribution in [2.45, 2.75) is 19.3 Å². The fourth-order valence-corrected chi connectivity index (χ4v) is 2.74. The molecule has 1 aliphatic carbocycles. The standard InChI is InChI=1S/C15H23N3O2/c1-18(2)15(20)12-6-7-14(17-9-12)16-8-11-4-3-5-13(11)10-19/h6-7,9,11,13,19H,3-5,8,10H2,1-2H3,(H,16,17). The number of nitrogens with zero attached hydrogens (tertiary/aromatic N) is 2. The van der Waals surface area contributed by atoms with Gasteiger partial charge in [-0.15, -0.1) is 0 Å². The molecule has 0 saturated heterocycles. The summed E-state index contributed by atoms with van der Waals surface area (Å²) in [5.74, 6) is 1.67. The summed E-state index contributed by atoms with van der Waals surface area (Å²) >= 11 is 0. The molecule has 1 aromatic heterocycles. The number of aromatic nitrogens is 1. The van der Waals surface area contributed by atoms with Gasteiger partial charge in [0.15, 0.2) is 0 Å². The van der Waals surface area contributed by atoms with Crippen LogP contribution in [0.25, 0.3) is 0 Å². The van der Waals surface area contributed by atoms with Crippen LogP contribution in [0.2, 0.25) is 0 Å². The highest BCUT2D eigenvalue weighted by Crippen LogP contribution is 2.31. The Labute approximate surface area is 120 Å². The number of rotatable bonds is 5. The first-order valence-corrected chi connectivity index (χ1v) is 7.14. The van der Waals surface area contributed by atoms with Crippen LogP contribution in [0, 0.1) is 11.8 Å². The lowest BCUT2D eigenvalue weighted by Gasteiger charge is -2.18. The average Bonchev–Trinajstić information content (AvgIpc) is 2.92. The van der Waals surface area contributed by atoms with Gasteiger partial charge in [0.1, 0.15) is 5.82 Å². The first-order chi connectivity index (χ1) is 9.61. The van der Waals surface area contributed by atoms with Gasteiger partial charge < -0.3 is 15.3 Å². The number of anilines is 1. The Morgan fingerprint density at radius 2 is 2.15 bits per heavy atom. The SMILES string of the molecule is CN(C)C(=O)c1ccc(NCC2CCCC2CO)nc1. The van der Waals surface area contributed by atoms with Crippen LogP contribution in [0.3, 0.4) is 0 Å². The molecule has 2 N–H and O–H groups in total. The molecule has 20 heavy (non-hydrogen) atoms. The molecule has 1 amide bonds. The van der Waals surface area contributed by atoms with Gasteiger partial charge in [0.05, 0.1) is 5.56 Å². The van der Waals surface area contributed by atoms with Crippen molar-refractivity contribution in [1.82, 2.24) is 9.88 Å². The highest BCUT2D eigenvalue weighted by Gasteiger charge is 2.26. The van der Waals surface area contributed by atoms with E-state index in [0.29, 0.717) is 17.4 Å². The third-order valence-corrected chi connectivity index (χ3v) is 4.01. The molecule has 0 spiro atoms. The van der Waals surface area contributed by atoms with Crippen LogP contribution >= 0.6 is 0 Å². The van der Waals surface area contributed by atoms with Gasteiger partial charge in [-0.1, -0.05) is 6.42 Å². The normalized spacial score (nSPS) is 21.8. The maximum absolute atomic E-state index is 11.7. The Balaban J connectivity index is 1.89. The molecule has 110 valence electrons. The summed E-state index contributed by atoms with van der Waals surface area (Å²) in [6.45, 7) is 1.11. The van der Waals surface area contributed by atoms with E-state index < -0.39 is 0 Å². The lowest BCUT2D eigenvalue weighted by molar-refractivity contribution is 0.0827. The molecular weight excluding hydrogens is 254 g/mol. The summed E-state index contributed by atoms with van der Waals surface area (Å²) in [5.41, 5.74) is 0.592. The van der Waals surface area contributed by atoms with E-state index in [1.807, 2.05) is 6.07 Å². The van der Waals surface area contributed by atoms with Crippen LogP contribution in [0.5, 0.6) is 0 Å². The second-order valence-corrected chi connectivity index (χ2v) is 5.65. The lowest BCUT2D eigenvalue weighted by Crippen LogP contribution is -2.22. The summed E-state index contributed by atoms with van der Waals surface area (Å²) in [4.78, 5) is 17.6. The zero-order valence-corrected chi connectivity index (χ0v) is 12.2. The number of aliphatic hydroxyl groups excluding tert-OH is 1. The van der Waals surface area contributed by atoms with E-state index in [4.69, 9.17) is 0 Å². The van der Waals surface area contributed by atoms with Gasteiger partial charge in [0.2, 0.25) is 0 Å². The molecule has 1 aliphatic rings. The van der Waals surface area contributed by atoms with Crippen molar-refractivity contribution < 1.29 is 9.90 Å². The Kier molecular flexibility index (Phi) is 4.95. The molecule has 2 atom stereocenters. The second-order valence-electron chi connectivity index (χ2n) is 5.65. The Hall–Kier alpha value is -1.62. The minimum absolute atomic E-state index is 0.0415. The van der Waals surface area contributed by atoms with E-state index in [-0.39, 0.29) is 12.5 Å². The van der Waals surface area contributed by atoms with Gasteiger partial charge in [-0.2, -0.15) is 0 Å². The van der Waals surface area contributed by atoms with Crippen molar-refractivity contribution in [3.63, 3.8) is 0 Å². The molecule has 5 nitrogen and oxygen atoms in total. The molecular formula is C15H23N3O2. The minimum atomic E-state index is -0.0415. The van der Waals surface area contributed by atoms with Crippen LogP contribution in [0.4, 0.5) is 5.82 Å². The molecule has 0 bridgehead atoms. The molecule has 2 rings (SSSR count). The van der Waals surface area contributed by atoms with Gasteiger partial charge in [-0.3, -0.25) is 4.79 Å². The van der Waals surface area contributed by atoms with Gasteiger partial charge in [-0.25, -0.2) is 4.98 Å². The molecule has 1 saturated carbocycles. The quantitative estimate of drug-likeness (QED) is 0.858. The predicted molar refractivity (Wildman–Crippen MR) is 78.7 cm³/mol. The van der Waals surface area contributed by atoms with E-state index in [2.05, 4.69) is 10.3 Å². The summed E-state index contributed by atoms with van der Waals surface area (Å²) in [6, 6.07) is 3.62. The molecule has 5 heteroatoms. The smallest absolute Gasteiger partial charge is 0.254 e. The summed E-state index contributed by atoms with van der Waals surface area (Å²) in [5, 5.41) is 12.6. The largest absolute Gasteiger partial charge is 0.396 e. The average molecular weight is 277 g/mol. The zero-order valence-electron chi connectivity index (χ0n) is 12.2. The zero-order chi connectivity index (χ0) is 14.5. The molecule has 2 unspecified atom stereocenters. The Bertz CT molecular complexity index is 445. The Morgan fingerprint density at radius 3 is 2.75 bits per heavy atom. The van der Waals surface area contributed by atoms with Crippen LogP contribution in [0.15, 0.2) is 18.3 Å². The lowest BCUT2D eigenvalue weighted by atomic mass is 9.97. The van der Waals surface area contributed by atoms with E-state index >= 15 is 0 Å². The van der Waals surface area contributed by atoms with Gasteiger partial charge in [0.25, 0.3) is 5.91 Å². The number of nitrogens with one attached hydrogen (secondary N) is 1. The molecule has 0 radical (unpaired) electrons. The maximum atomic E-state index is 11.7. The van der Waals surface area contributed by atoms with Gasteiger partial charge >= 0.3 is 0 Å². The third-order valence-electron chi connectivity index (χ3n) is 4.01. The predicted octanol–water partition coefficient (Wildman–Crippen LogP) is 1.60. The molecule has 1 fully saturated rings. The number of hydrogen-bond acceptors (Lipinski definition) is 4. The number of amides is 1. The number of aliphatic hydroxyl groups is 1. The molecule has 0 aromatic carbocycles. The number of carbonyl (C=O) groups excluding carboxylic acids is 1. The second kappa shape index (κ2) is 6.70. The van der Waals surface area contributed by atoms with E-state index in [9.17, 15) is 9.90 Å². The van der Waals surface area contributed by atoms with Crippen LogP contribution in [0.1, 0.15) is 29.6 Å². The topological polar surface area (TPSA) is 65.5 Å². The molecule has 1 aromatic rings. The molecule has 0 aliphatic heterocycles. The third kappa shape index (κ3) is 3.48. The van der Waals surface area contributed by atoms with Crippen LogP contribution in [-0.4, -0.2) is 48.1 Å². The number of pyridine rings is 1. The number of carbonyl (C=O) groups is 1. The first kappa shape index (κ1) is 14.8. The van der Waals surface area contributed by atoms with Crippen molar-refractivity contribution in [2.75, 3.05) is 32.6 Å². The van der Waals surface area contributed by atoms with Crippen LogP contribution in [-0.2, 0) is 0 Å². The van der Waals surface area contributed by atoms with Crippen molar-refractivity contribution in [3.05, 3.63) is 23.9 Å². The fourth-order valence-electron chi connectivity index (χ4n) is 2.74. The van der Waals surface area contributed by atoms with E-state index in [1.165, 1.54) is 11.3 Å². The first-order valence-electron chi connectivity index (χ1n) is 7.14. The van der Waals surface area contributed by atoms with Gasteiger partial charge in [-0.05, 0) is 36.8 Å². The van der Waals surface area contributed by atoms with Crippen molar-refractivity contribution in [1.29, 1.82) is 0 Å². The summed E-state index contributed by atoms with van der Waals surface area (Å²) in [6.07, 6.45) is 5.08.